The third-order valence-corrected chi connectivity index (χ3v) is 2.91. The van der Waals surface area contributed by atoms with Gasteiger partial charge in [-0.15, -0.1) is 0 Å². The third kappa shape index (κ3) is 2.74. The molecule has 0 spiro atoms. The van der Waals surface area contributed by atoms with Crippen molar-refractivity contribution in [3.63, 3.8) is 0 Å². The van der Waals surface area contributed by atoms with Crippen molar-refractivity contribution in [2.45, 2.75) is 13.8 Å². The van der Waals surface area contributed by atoms with E-state index in [-0.39, 0.29) is 5.56 Å². The Morgan fingerprint density at radius 1 is 1.35 bits per heavy atom. The van der Waals surface area contributed by atoms with Gasteiger partial charge in [-0.25, -0.2) is 9.53 Å². The topological polar surface area (TPSA) is 73.5 Å². The molecule has 20 heavy (non-hydrogen) atoms. The molecule has 0 aliphatic rings. The number of ether oxygens (including phenoxy) is 1. The van der Waals surface area contributed by atoms with Gasteiger partial charge in [0.15, 0.2) is 0 Å². The summed E-state index contributed by atoms with van der Waals surface area (Å²) in [4.78, 5) is 23.6. The third-order valence-electron chi connectivity index (χ3n) is 2.91. The maximum atomic E-state index is 12.1. The number of nitrogens with one attached hydrogen (secondary N) is 1. The summed E-state index contributed by atoms with van der Waals surface area (Å²) in [5.41, 5.74) is 0.439. The highest BCUT2D eigenvalue weighted by Gasteiger charge is 2.19. The number of aryl methyl sites for hydroxylation is 1. The molecular formula is C14H16N2O4. The van der Waals surface area contributed by atoms with Gasteiger partial charge < -0.3 is 14.6 Å². The second-order valence-corrected chi connectivity index (χ2v) is 4.25. The molecule has 1 aromatic heterocycles. The molecule has 0 saturated heterocycles. The highest BCUT2D eigenvalue weighted by Crippen LogP contribution is 2.16. The number of nitrogens with zero attached hydrogens (tertiary/aromatic N) is 1. The summed E-state index contributed by atoms with van der Waals surface area (Å²) in [7, 11) is 1.57. The minimum Gasteiger partial charge on any atom is -0.494 e. The van der Waals surface area contributed by atoms with Gasteiger partial charge in [0.25, 0.3) is 5.91 Å². The van der Waals surface area contributed by atoms with E-state index in [0.717, 1.165) is 5.75 Å². The van der Waals surface area contributed by atoms with Crippen LogP contribution in [0.5, 0.6) is 5.75 Å². The van der Waals surface area contributed by atoms with Gasteiger partial charge in [0.2, 0.25) is 0 Å². The number of hydrogen-bond donors (Lipinski definition) is 1. The molecule has 2 aromatic rings. The van der Waals surface area contributed by atoms with Crippen molar-refractivity contribution in [3.8, 4) is 5.75 Å². The molecular weight excluding hydrogens is 260 g/mol. The Kier molecular flexibility index (Phi) is 3.93. The fraction of sp³-hybridized carbons (Fsp3) is 0.286. The monoisotopic (exact) mass is 276 g/mol. The van der Waals surface area contributed by atoms with Gasteiger partial charge in [-0.05, 0) is 38.1 Å². The molecule has 6 nitrogen and oxygen atoms in total. The van der Waals surface area contributed by atoms with Crippen LogP contribution in [0, 0.1) is 6.92 Å². The second-order valence-electron chi connectivity index (χ2n) is 4.25. The van der Waals surface area contributed by atoms with Crippen LogP contribution in [0.1, 0.15) is 23.0 Å². The summed E-state index contributed by atoms with van der Waals surface area (Å²) in [5.74, 6) is 0.238. The first-order chi connectivity index (χ1) is 9.52. The second kappa shape index (κ2) is 5.64. The van der Waals surface area contributed by atoms with Gasteiger partial charge in [-0.3, -0.25) is 4.79 Å². The normalized spacial score (nSPS) is 10.3. The standard InChI is InChI=1S/C14H16N2O4/c1-4-19-11-7-5-10(6-8-11)15-13(17)12-9(2)16(3)20-14(12)18/h5-8H,4H2,1-3H3,(H,15,17). The van der Waals surface area contributed by atoms with Crippen LogP contribution in [0.15, 0.2) is 33.6 Å². The van der Waals surface area contributed by atoms with Crippen LogP contribution in [0.4, 0.5) is 5.69 Å². The molecule has 1 N–H and O–H groups in total. The zero-order chi connectivity index (χ0) is 14.7. The first-order valence-corrected chi connectivity index (χ1v) is 6.24. The van der Waals surface area contributed by atoms with Crippen LogP contribution in [0.2, 0.25) is 0 Å². The lowest BCUT2D eigenvalue weighted by molar-refractivity contribution is 0.102. The molecule has 6 heteroatoms. The molecule has 0 radical (unpaired) electrons. The molecule has 0 atom stereocenters. The van der Waals surface area contributed by atoms with Gasteiger partial charge >= 0.3 is 5.63 Å². The number of carbonyl (C=O) groups is 1. The maximum absolute atomic E-state index is 12.1. The number of amides is 1. The van der Waals surface area contributed by atoms with Crippen molar-refractivity contribution in [1.82, 2.24) is 4.74 Å². The first-order valence-electron chi connectivity index (χ1n) is 6.24. The minimum atomic E-state index is -0.645. The van der Waals surface area contributed by atoms with Crippen molar-refractivity contribution in [2.24, 2.45) is 7.05 Å². The molecule has 0 fully saturated rings. The maximum Gasteiger partial charge on any atom is 0.370 e. The number of carbonyl (C=O) groups excluding carboxylic acids is 1. The minimum absolute atomic E-state index is 0.0152. The van der Waals surface area contributed by atoms with Gasteiger partial charge in [0, 0.05) is 12.7 Å². The predicted molar refractivity (Wildman–Crippen MR) is 74.3 cm³/mol. The average molecular weight is 276 g/mol. The summed E-state index contributed by atoms with van der Waals surface area (Å²) in [6.07, 6.45) is 0. The summed E-state index contributed by atoms with van der Waals surface area (Å²) in [6, 6.07) is 6.92. The Bertz CT molecular complexity index is 667. The Morgan fingerprint density at radius 3 is 2.50 bits per heavy atom. The molecule has 0 bridgehead atoms. The Morgan fingerprint density at radius 2 is 2.00 bits per heavy atom. The van der Waals surface area contributed by atoms with Crippen molar-refractivity contribution in [1.29, 1.82) is 0 Å². The van der Waals surface area contributed by atoms with E-state index < -0.39 is 11.5 Å². The first kappa shape index (κ1) is 13.9. The van der Waals surface area contributed by atoms with Crippen LogP contribution in [0.3, 0.4) is 0 Å². The number of aromatic nitrogens is 1. The molecule has 2 rings (SSSR count). The van der Waals surface area contributed by atoms with Crippen LogP contribution >= 0.6 is 0 Å². The quantitative estimate of drug-likeness (QED) is 0.926. The summed E-state index contributed by atoms with van der Waals surface area (Å²) in [5, 5.41) is 2.65. The lowest BCUT2D eigenvalue weighted by Crippen LogP contribution is -2.19. The molecule has 1 aromatic carbocycles. The fourth-order valence-corrected chi connectivity index (χ4v) is 1.80. The van der Waals surface area contributed by atoms with Gasteiger partial charge in [-0.2, -0.15) is 0 Å². The van der Waals surface area contributed by atoms with E-state index in [2.05, 4.69) is 5.32 Å². The Hall–Kier alpha value is -2.50. The molecule has 0 unspecified atom stereocenters. The van der Waals surface area contributed by atoms with Gasteiger partial charge in [0.1, 0.15) is 11.3 Å². The largest absolute Gasteiger partial charge is 0.494 e. The molecule has 106 valence electrons. The zero-order valence-electron chi connectivity index (χ0n) is 11.6. The van der Waals surface area contributed by atoms with Crippen LogP contribution in [-0.4, -0.2) is 17.3 Å². The van der Waals surface area contributed by atoms with Crippen LogP contribution < -0.4 is 15.7 Å². The van der Waals surface area contributed by atoms with Crippen LogP contribution in [0.25, 0.3) is 0 Å². The van der Waals surface area contributed by atoms with Crippen molar-refractivity contribution >= 4 is 11.6 Å². The van der Waals surface area contributed by atoms with Gasteiger partial charge in [0.05, 0.1) is 12.3 Å². The Labute approximate surface area is 115 Å². The molecule has 0 aliphatic carbocycles. The van der Waals surface area contributed by atoms with Crippen molar-refractivity contribution in [2.75, 3.05) is 11.9 Å². The van der Waals surface area contributed by atoms with Crippen molar-refractivity contribution < 1.29 is 14.1 Å². The molecule has 1 heterocycles. The van der Waals surface area contributed by atoms with E-state index in [1.165, 1.54) is 4.74 Å². The summed E-state index contributed by atoms with van der Waals surface area (Å²) >= 11 is 0. The number of anilines is 1. The van der Waals surface area contributed by atoms with Gasteiger partial charge in [-0.1, -0.05) is 0 Å². The lowest BCUT2D eigenvalue weighted by atomic mass is 10.2. The fourth-order valence-electron chi connectivity index (χ4n) is 1.80. The summed E-state index contributed by atoms with van der Waals surface area (Å²) in [6.45, 7) is 4.13. The molecule has 0 saturated carbocycles. The molecule has 0 aliphatic heterocycles. The van der Waals surface area contributed by atoms with E-state index in [1.54, 1.807) is 38.2 Å². The van der Waals surface area contributed by atoms with Crippen LogP contribution in [-0.2, 0) is 7.05 Å². The van der Waals surface area contributed by atoms with E-state index >= 15 is 0 Å². The number of hydrogen-bond acceptors (Lipinski definition) is 4. The van der Waals surface area contributed by atoms with E-state index in [0.29, 0.717) is 18.0 Å². The van der Waals surface area contributed by atoms with E-state index in [1.807, 2.05) is 6.92 Å². The van der Waals surface area contributed by atoms with E-state index in [4.69, 9.17) is 9.26 Å². The zero-order valence-corrected chi connectivity index (χ0v) is 11.6. The number of rotatable bonds is 4. The predicted octanol–water partition coefficient (Wildman–Crippen LogP) is 1.94. The average Bonchev–Trinajstić information content (AvgIpc) is 2.66. The van der Waals surface area contributed by atoms with E-state index in [9.17, 15) is 9.59 Å². The smallest absolute Gasteiger partial charge is 0.370 e. The van der Waals surface area contributed by atoms with Crippen molar-refractivity contribution in [3.05, 3.63) is 45.9 Å². The summed E-state index contributed by atoms with van der Waals surface area (Å²) < 4.78 is 11.4. The highest BCUT2D eigenvalue weighted by molar-refractivity contribution is 6.04. The Balaban J connectivity index is 2.17. The molecule has 1 amide bonds. The number of benzene rings is 1. The highest BCUT2D eigenvalue weighted by atomic mass is 16.5. The SMILES string of the molecule is CCOc1ccc(NC(=O)c2c(C)n(C)oc2=O)cc1. The lowest BCUT2D eigenvalue weighted by Gasteiger charge is -2.06.